The highest BCUT2D eigenvalue weighted by atomic mass is 19.1. The van der Waals surface area contributed by atoms with Crippen LogP contribution in [0.4, 0.5) is 4.39 Å². The van der Waals surface area contributed by atoms with E-state index in [4.69, 9.17) is 0 Å². The van der Waals surface area contributed by atoms with Gasteiger partial charge in [-0.25, -0.2) is 19.3 Å². The number of benzene rings is 1. The van der Waals surface area contributed by atoms with Crippen molar-refractivity contribution in [3.8, 4) is 11.4 Å². The third-order valence-corrected chi connectivity index (χ3v) is 2.88. The molecule has 0 saturated heterocycles. The van der Waals surface area contributed by atoms with Gasteiger partial charge in [0.15, 0.2) is 11.5 Å². The van der Waals surface area contributed by atoms with Crippen LogP contribution in [0.3, 0.4) is 0 Å². The maximum Gasteiger partial charge on any atom is 0.163 e. The average molecular weight is 253 g/mol. The molecule has 3 aromatic rings. The molecule has 94 valence electrons. The van der Waals surface area contributed by atoms with E-state index in [2.05, 4.69) is 15.0 Å². The van der Waals surface area contributed by atoms with Crippen LogP contribution in [0.2, 0.25) is 0 Å². The number of pyridine rings is 1. The van der Waals surface area contributed by atoms with Gasteiger partial charge in [-0.05, 0) is 49.7 Å². The second-order valence-electron chi connectivity index (χ2n) is 4.58. The molecule has 0 unspecified atom stereocenters. The van der Waals surface area contributed by atoms with Crippen molar-refractivity contribution in [3.63, 3.8) is 0 Å². The van der Waals surface area contributed by atoms with Gasteiger partial charge in [0.2, 0.25) is 0 Å². The lowest BCUT2D eigenvalue weighted by molar-refractivity contribution is 0.627. The molecule has 0 atom stereocenters. The van der Waals surface area contributed by atoms with Gasteiger partial charge in [-0.2, -0.15) is 0 Å². The van der Waals surface area contributed by atoms with Crippen LogP contribution in [0, 0.1) is 19.7 Å². The van der Waals surface area contributed by atoms with Crippen molar-refractivity contribution in [1.82, 2.24) is 15.0 Å². The number of aryl methyl sites for hydroxylation is 2. The molecule has 1 aromatic carbocycles. The average Bonchev–Trinajstić information content (AvgIpc) is 2.36. The number of nitrogens with zero attached hydrogens (tertiary/aromatic N) is 3. The van der Waals surface area contributed by atoms with Crippen LogP contribution in [0.15, 0.2) is 36.5 Å². The van der Waals surface area contributed by atoms with Crippen molar-refractivity contribution in [2.75, 3.05) is 0 Å². The van der Waals surface area contributed by atoms with Gasteiger partial charge >= 0.3 is 0 Å². The van der Waals surface area contributed by atoms with E-state index in [-0.39, 0.29) is 5.82 Å². The fraction of sp³-hybridized carbons (Fsp3) is 0.133. The first-order valence-corrected chi connectivity index (χ1v) is 6.00. The van der Waals surface area contributed by atoms with Gasteiger partial charge in [0.25, 0.3) is 0 Å². The normalized spacial score (nSPS) is 10.9. The summed E-state index contributed by atoms with van der Waals surface area (Å²) in [6, 6.07) is 8.62. The molecule has 0 spiro atoms. The first kappa shape index (κ1) is 11.7. The van der Waals surface area contributed by atoms with Crippen LogP contribution in [0.1, 0.15) is 11.3 Å². The molecule has 0 aliphatic heterocycles. The maximum atomic E-state index is 13.4. The summed E-state index contributed by atoms with van der Waals surface area (Å²) >= 11 is 0. The first-order valence-electron chi connectivity index (χ1n) is 6.00. The summed E-state index contributed by atoms with van der Waals surface area (Å²) in [4.78, 5) is 13.0. The van der Waals surface area contributed by atoms with E-state index in [0.717, 1.165) is 16.6 Å². The highest BCUT2D eigenvalue weighted by Crippen LogP contribution is 2.20. The number of hydrogen-bond acceptors (Lipinski definition) is 3. The highest BCUT2D eigenvalue weighted by Gasteiger charge is 2.06. The first-order chi connectivity index (χ1) is 9.11. The van der Waals surface area contributed by atoms with Crippen molar-refractivity contribution >= 4 is 11.0 Å². The van der Waals surface area contributed by atoms with E-state index >= 15 is 0 Å². The van der Waals surface area contributed by atoms with Crippen LogP contribution >= 0.6 is 0 Å². The molecule has 0 radical (unpaired) electrons. The Labute approximate surface area is 110 Å². The van der Waals surface area contributed by atoms with Gasteiger partial charge in [-0.15, -0.1) is 0 Å². The number of aromatic nitrogens is 3. The SMILES string of the molecule is Cc1cc(F)cc(-c2ncc3ccc(C)nc3n2)c1. The summed E-state index contributed by atoms with van der Waals surface area (Å²) in [5.41, 5.74) is 3.04. The molecule has 3 nitrogen and oxygen atoms in total. The molecule has 4 heteroatoms. The second kappa shape index (κ2) is 4.39. The zero-order valence-electron chi connectivity index (χ0n) is 10.7. The van der Waals surface area contributed by atoms with Crippen molar-refractivity contribution in [1.29, 1.82) is 0 Å². The van der Waals surface area contributed by atoms with Gasteiger partial charge in [0, 0.05) is 22.8 Å². The van der Waals surface area contributed by atoms with E-state index in [1.165, 1.54) is 12.1 Å². The Hall–Kier alpha value is -2.36. The molecule has 2 aromatic heterocycles. The van der Waals surface area contributed by atoms with Crippen molar-refractivity contribution < 1.29 is 4.39 Å². The molecule has 0 N–H and O–H groups in total. The molecule has 0 fully saturated rings. The summed E-state index contributed by atoms with van der Waals surface area (Å²) in [6.07, 6.45) is 1.71. The number of fused-ring (bicyclic) bond motifs is 1. The molecule has 0 saturated carbocycles. The Kier molecular flexibility index (Phi) is 2.71. The quantitative estimate of drug-likeness (QED) is 0.666. The summed E-state index contributed by atoms with van der Waals surface area (Å²) in [6.45, 7) is 3.75. The minimum absolute atomic E-state index is 0.282. The van der Waals surface area contributed by atoms with Crippen LogP contribution < -0.4 is 0 Å². The maximum absolute atomic E-state index is 13.4. The zero-order valence-corrected chi connectivity index (χ0v) is 10.7. The Bertz CT molecular complexity index is 748. The fourth-order valence-electron chi connectivity index (χ4n) is 2.01. The van der Waals surface area contributed by atoms with Crippen molar-refractivity contribution in [3.05, 3.63) is 53.6 Å². The lowest BCUT2D eigenvalue weighted by atomic mass is 10.1. The van der Waals surface area contributed by atoms with Gasteiger partial charge in [0.05, 0.1) is 0 Å². The Morgan fingerprint density at radius 3 is 2.63 bits per heavy atom. The van der Waals surface area contributed by atoms with Gasteiger partial charge in [-0.1, -0.05) is 0 Å². The van der Waals surface area contributed by atoms with E-state index < -0.39 is 0 Å². The van der Waals surface area contributed by atoms with Gasteiger partial charge in [-0.3, -0.25) is 0 Å². The lowest BCUT2D eigenvalue weighted by Crippen LogP contribution is -1.94. The molecular weight excluding hydrogens is 241 g/mol. The summed E-state index contributed by atoms with van der Waals surface area (Å²) in [5.74, 6) is 0.212. The third-order valence-electron chi connectivity index (χ3n) is 2.88. The van der Waals surface area contributed by atoms with Crippen LogP contribution in [-0.4, -0.2) is 15.0 Å². The molecule has 0 aliphatic rings. The lowest BCUT2D eigenvalue weighted by Gasteiger charge is -2.04. The molecule has 19 heavy (non-hydrogen) atoms. The Morgan fingerprint density at radius 1 is 1.00 bits per heavy atom. The minimum atomic E-state index is -0.282. The standard InChI is InChI=1S/C15H12FN3/c1-9-5-12(7-13(16)6-9)14-17-8-11-4-3-10(2)18-15(11)19-14/h3-8H,1-2H3. The molecule has 3 rings (SSSR count). The second-order valence-corrected chi connectivity index (χ2v) is 4.58. The molecule has 2 heterocycles. The van der Waals surface area contributed by atoms with Gasteiger partial charge in [0.1, 0.15) is 5.82 Å². The predicted molar refractivity (Wildman–Crippen MR) is 72.2 cm³/mol. The highest BCUT2D eigenvalue weighted by molar-refractivity contribution is 5.76. The van der Waals surface area contributed by atoms with Crippen molar-refractivity contribution in [2.24, 2.45) is 0 Å². The summed E-state index contributed by atoms with van der Waals surface area (Å²) in [7, 11) is 0. The smallest absolute Gasteiger partial charge is 0.163 e. The monoisotopic (exact) mass is 253 g/mol. The minimum Gasteiger partial charge on any atom is -0.236 e. The van der Waals surface area contributed by atoms with E-state index in [1.807, 2.05) is 32.0 Å². The Balaban J connectivity index is 2.19. The van der Waals surface area contributed by atoms with Gasteiger partial charge < -0.3 is 0 Å². The van der Waals surface area contributed by atoms with Crippen molar-refractivity contribution in [2.45, 2.75) is 13.8 Å². The van der Waals surface area contributed by atoms with E-state index in [0.29, 0.717) is 17.0 Å². The molecule has 0 aliphatic carbocycles. The fourth-order valence-corrected chi connectivity index (χ4v) is 2.01. The number of halogens is 1. The largest absolute Gasteiger partial charge is 0.236 e. The number of hydrogen-bond donors (Lipinski definition) is 0. The third kappa shape index (κ3) is 2.29. The molecular formula is C15H12FN3. The number of rotatable bonds is 1. The Morgan fingerprint density at radius 2 is 1.84 bits per heavy atom. The van der Waals surface area contributed by atoms with E-state index in [9.17, 15) is 4.39 Å². The van der Waals surface area contributed by atoms with E-state index in [1.54, 1.807) is 6.20 Å². The van der Waals surface area contributed by atoms with Crippen LogP contribution in [0.25, 0.3) is 22.4 Å². The summed E-state index contributed by atoms with van der Waals surface area (Å²) < 4.78 is 13.4. The molecule has 0 amide bonds. The zero-order chi connectivity index (χ0) is 13.4. The van der Waals surface area contributed by atoms with Crippen LogP contribution in [-0.2, 0) is 0 Å². The molecule has 0 bridgehead atoms. The topological polar surface area (TPSA) is 38.7 Å². The predicted octanol–water partition coefficient (Wildman–Crippen LogP) is 3.45. The van der Waals surface area contributed by atoms with Crippen LogP contribution in [0.5, 0.6) is 0 Å². The summed E-state index contributed by atoms with van der Waals surface area (Å²) in [5, 5.41) is 0.877.